The van der Waals surface area contributed by atoms with Gasteiger partial charge in [0.05, 0.1) is 18.2 Å². The van der Waals surface area contributed by atoms with Crippen LogP contribution in [0.25, 0.3) is 22.7 Å². The van der Waals surface area contributed by atoms with Gasteiger partial charge in [-0.3, -0.25) is 4.79 Å². The Bertz CT molecular complexity index is 1410. The smallest absolute Gasteiger partial charge is 0.314 e. The number of hydrogen-bond donors (Lipinski definition) is 0. The zero-order valence-corrected chi connectivity index (χ0v) is 18.5. The van der Waals surface area contributed by atoms with E-state index in [1.807, 2.05) is 19.9 Å². The molecule has 1 saturated heterocycles. The first-order valence-corrected chi connectivity index (χ1v) is 10.5. The number of benzene rings is 2. The lowest BCUT2D eigenvalue weighted by Gasteiger charge is -2.44. The molecule has 5 rings (SSSR count). The Morgan fingerprint density at radius 3 is 2.43 bits per heavy atom. The van der Waals surface area contributed by atoms with E-state index in [0.29, 0.717) is 17.8 Å². The average molecular weight is 486 g/mol. The number of amides is 1. The van der Waals surface area contributed by atoms with Gasteiger partial charge in [0, 0.05) is 28.9 Å². The van der Waals surface area contributed by atoms with Crippen molar-refractivity contribution in [1.29, 1.82) is 0 Å². The summed E-state index contributed by atoms with van der Waals surface area (Å²) >= 11 is 0. The third-order valence-corrected chi connectivity index (χ3v) is 5.71. The number of β-lactam (4-membered cyclic amide) rings is 1. The maximum atomic E-state index is 14.7. The molecule has 0 bridgehead atoms. The van der Waals surface area contributed by atoms with E-state index in [4.69, 9.17) is 4.42 Å². The third-order valence-electron chi connectivity index (χ3n) is 5.71. The minimum atomic E-state index is -2.99. The summed E-state index contributed by atoms with van der Waals surface area (Å²) in [5.41, 5.74) is 1.02. The van der Waals surface area contributed by atoms with Crippen LogP contribution in [0.5, 0.6) is 0 Å². The predicted octanol–water partition coefficient (Wildman–Crippen LogP) is 4.63. The minimum absolute atomic E-state index is 0.0265. The molecule has 0 spiro atoms. The standard InChI is InChI=1S/C23H18F4N6O2/c1-23(2)11-33(22(23)34)14-5-3-4-12(6-14)18-10-32(31-28-18)9-15-16(24)7-13(8-17(15)25)20-29-30-21(35-20)19(26)27/h3-8,10,19H,9,11H2,1-2H3. The highest BCUT2D eigenvalue weighted by Gasteiger charge is 2.44. The molecule has 0 unspecified atom stereocenters. The van der Waals surface area contributed by atoms with Crippen LogP contribution in [0.3, 0.4) is 0 Å². The zero-order chi connectivity index (χ0) is 24.9. The summed E-state index contributed by atoms with van der Waals surface area (Å²) in [5, 5.41) is 14.6. The van der Waals surface area contributed by atoms with Crippen LogP contribution in [0.15, 0.2) is 47.0 Å². The summed E-state index contributed by atoms with van der Waals surface area (Å²) in [6, 6.07) is 9.05. The second-order valence-corrected chi connectivity index (χ2v) is 8.79. The van der Waals surface area contributed by atoms with E-state index in [1.165, 1.54) is 10.9 Å². The van der Waals surface area contributed by atoms with Gasteiger partial charge in [-0.15, -0.1) is 15.3 Å². The molecule has 0 aliphatic carbocycles. The lowest BCUT2D eigenvalue weighted by Crippen LogP contribution is -2.58. The van der Waals surface area contributed by atoms with Crippen molar-refractivity contribution in [2.75, 3.05) is 11.4 Å². The van der Waals surface area contributed by atoms with Gasteiger partial charge in [0.15, 0.2) is 0 Å². The quantitative estimate of drug-likeness (QED) is 0.292. The van der Waals surface area contributed by atoms with Crippen LogP contribution in [0.1, 0.15) is 31.7 Å². The minimum Gasteiger partial charge on any atom is -0.415 e. The molecule has 2 aromatic carbocycles. The van der Waals surface area contributed by atoms with Gasteiger partial charge < -0.3 is 9.32 Å². The average Bonchev–Trinajstić information content (AvgIpc) is 3.50. The summed E-state index contributed by atoms with van der Waals surface area (Å²) in [4.78, 5) is 14.0. The fraction of sp³-hybridized carbons (Fsp3) is 0.261. The molecule has 180 valence electrons. The van der Waals surface area contributed by atoms with E-state index in [0.717, 1.165) is 17.8 Å². The first-order chi connectivity index (χ1) is 16.6. The largest absolute Gasteiger partial charge is 0.415 e. The van der Waals surface area contributed by atoms with Crippen LogP contribution in [-0.4, -0.2) is 37.6 Å². The molecule has 2 aromatic heterocycles. The highest BCUT2D eigenvalue weighted by Crippen LogP contribution is 2.36. The predicted molar refractivity (Wildman–Crippen MR) is 115 cm³/mol. The van der Waals surface area contributed by atoms with Crippen molar-refractivity contribution in [3.8, 4) is 22.7 Å². The van der Waals surface area contributed by atoms with Crippen molar-refractivity contribution in [2.45, 2.75) is 26.8 Å². The molecule has 0 N–H and O–H groups in total. The van der Waals surface area contributed by atoms with Crippen molar-refractivity contribution < 1.29 is 26.8 Å². The SMILES string of the molecule is CC1(C)CN(c2cccc(-c3cn(Cc4c(F)cc(-c5nnc(C(F)F)o5)cc4F)nn3)c2)C1=O. The maximum absolute atomic E-state index is 14.7. The molecule has 1 amide bonds. The van der Waals surface area contributed by atoms with Gasteiger partial charge in [-0.05, 0) is 38.1 Å². The van der Waals surface area contributed by atoms with E-state index in [-0.39, 0.29) is 23.6 Å². The van der Waals surface area contributed by atoms with Crippen molar-refractivity contribution in [1.82, 2.24) is 25.2 Å². The number of rotatable bonds is 6. The fourth-order valence-corrected chi connectivity index (χ4v) is 3.84. The van der Waals surface area contributed by atoms with Crippen LogP contribution in [0.2, 0.25) is 0 Å². The van der Waals surface area contributed by atoms with Crippen molar-refractivity contribution in [3.05, 3.63) is 65.7 Å². The fourth-order valence-electron chi connectivity index (χ4n) is 3.84. The van der Waals surface area contributed by atoms with Gasteiger partial charge >= 0.3 is 6.43 Å². The topological polar surface area (TPSA) is 89.9 Å². The molecule has 4 aromatic rings. The second-order valence-electron chi connectivity index (χ2n) is 8.79. The molecule has 3 heterocycles. The van der Waals surface area contributed by atoms with E-state index in [2.05, 4.69) is 20.5 Å². The van der Waals surface area contributed by atoms with E-state index in [9.17, 15) is 22.4 Å². The van der Waals surface area contributed by atoms with Crippen molar-refractivity contribution in [3.63, 3.8) is 0 Å². The Morgan fingerprint density at radius 1 is 1.06 bits per heavy atom. The molecule has 0 radical (unpaired) electrons. The van der Waals surface area contributed by atoms with E-state index >= 15 is 0 Å². The molecule has 1 aliphatic heterocycles. The van der Waals surface area contributed by atoms with E-state index in [1.54, 1.807) is 23.1 Å². The van der Waals surface area contributed by atoms with Crippen LogP contribution in [0.4, 0.5) is 23.2 Å². The van der Waals surface area contributed by atoms with Gasteiger partial charge in [0.1, 0.15) is 17.3 Å². The molecule has 1 fully saturated rings. The molecule has 35 heavy (non-hydrogen) atoms. The highest BCUT2D eigenvalue weighted by atomic mass is 19.3. The van der Waals surface area contributed by atoms with Crippen LogP contribution < -0.4 is 4.90 Å². The first-order valence-electron chi connectivity index (χ1n) is 10.5. The third kappa shape index (κ3) is 4.15. The second kappa shape index (κ2) is 8.29. The van der Waals surface area contributed by atoms with Crippen molar-refractivity contribution >= 4 is 11.6 Å². The molecule has 0 atom stereocenters. The number of anilines is 1. The molecular weight excluding hydrogens is 468 g/mol. The monoisotopic (exact) mass is 486 g/mol. The number of carbonyl (C=O) groups excluding carboxylic acids is 1. The Balaban J connectivity index is 1.36. The van der Waals surface area contributed by atoms with Gasteiger partial charge in [0.25, 0.3) is 5.89 Å². The summed E-state index contributed by atoms with van der Waals surface area (Å²) in [5.74, 6) is -3.20. The van der Waals surface area contributed by atoms with Gasteiger partial charge in [-0.25, -0.2) is 13.5 Å². The number of nitrogens with zero attached hydrogens (tertiary/aromatic N) is 6. The Labute approximate surface area is 196 Å². The number of alkyl halides is 2. The van der Waals surface area contributed by atoms with Crippen LogP contribution >= 0.6 is 0 Å². The van der Waals surface area contributed by atoms with Crippen LogP contribution in [0, 0.1) is 17.0 Å². The molecule has 1 aliphatic rings. The van der Waals surface area contributed by atoms with Gasteiger partial charge in [-0.2, -0.15) is 8.78 Å². The number of halogens is 4. The number of aromatic nitrogens is 5. The molecular formula is C23H18F4N6O2. The zero-order valence-electron chi connectivity index (χ0n) is 18.5. The van der Waals surface area contributed by atoms with E-state index < -0.39 is 35.3 Å². The molecule has 12 heteroatoms. The summed E-state index contributed by atoms with van der Waals surface area (Å²) < 4.78 is 60.7. The molecule has 0 saturated carbocycles. The summed E-state index contributed by atoms with van der Waals surface area (Å²) in [7, 11) is 0. The van der Waals surface area contributed by atoms with Crippen LogP contribution in [-0.2, 0) is 11.3 Å². The highest BCUT2D eigenvalue weighted by molar-refractivity contribution is 6.04. The lowest BCUT2D eigenvalue weighted by molar-refractivity contribution is -0.132. The molecule has 8 nitrogen and oxygen atoms in total. The number of carbonyl (C=O) groups is 1. The Kier molecular flexibility index (Phi) is 5.37. The van der Waals surface area contributed by atoms with Gasteiger partial charge in [-0.1, -0.05) is 17.3 Å². The normalized spacial score (nSPS) is 15.1. The Hall–Kier alpha value is -4.09. The Morgan fingerprint density at radius 2 is 1.80 bits per heavy atom. The summed E-state index contributed by atoms with van der Waals surface area (Å²) in [6.07, 6.45) is -1.47. The summed E-state index contributed by atoms with van der Waals surface area (Å²) in [6.45, 7) is 4.10. The maximum Gasteiger partial charge on any atom is 0.314 e. The lowest BCUT2D eigenvalue weighted by atomic mass is 9.82. The van der Waals surface area contributed by atoms with Crippen molar-refractivity contribution in [2.24, 2.45) is 5.41 Å². The van der Waals surface area contributed by atoms with Gasteiger partial charge in [0.2, 0.25) is 11.8 Å². The number of hydrogen-bond acceptors (Lipinski definition) is 6. The first kappa shape index (κ1) is 22.7.